The molecule has 0 saturated carbocycles. The molecule has 0 aromatic heterocycles. The van der Waals surface area contributed by atoms with Crippen LogP contribution in [0.2, 0.25) is 0 Å². The molecular weight excluding hydrogens is 335 g/mol. The topological polar surface area (TPSA) is 35.2 Å². The minimum Gasteiger partial charge on any atom is -0.456 e. The van der Waals surface area contributed by atoms with E-state index >= 15 is 0 Å². The molecule has 0 atom stereocenters. The lowest BCUT2D eigenvalue weighted by molar-refractivity contribution is -0.138. The third-order valence-electron chi connectivity index (χ3n) is 2.68. The highest BCUT2D eigenvalue weighted by molar-refractivity contribution is 9.10. The molecule has 2 nitrogen and oxygen atoms in total. The van der Waals surface area contributed by atoms with Gasteiger partial charge in [0.25, 0.3) is 0 Å². The molecule has 0 unspecified atom stereocenters. The lowest BCUT2D eigenvalue weighted by Gasteiger charge is -2.15. The zero-order valence-corrected chi connectivity index (χ0v) is 12.0. The molecule has 0 heterocycles. The zero-order valence-electron chi connectivity index (χ0n) is 10.5. The summed E-state index contributed by atoms with van der Waals surface area (Å²) in [7, 11) is 0. The lowest BCUT2D eigenvalue weighted by atomic mass is 10.1. The first-order valence-corrected chi connectivity index (χ1v) is 6.47. The molecule has 6 heteroatoms. The van der Waals surface area contributed by atoms with Crippen LogP contribution in [0.5, 0.6) is 11.5 Å². The highest BCUT2D eigenvalue weighted by Crippen LogP contribution is 2.40. The monoisotopic (exact) mass is 345 g/mol. The van der Waals surface area contributed by atoms with E-state index in [-0.39, 0.29) is 5.75 Å². The van der Waals surface area contributed by atoms with E-state index in [1.54, 1.807) is 19.1 Å². The van der Waals surface area contributed by atoms with Crippen molar-refractivity contribution in [2.24, 2.45) is 0 Å². The highest BCUT2D eigenvalue weighted by atomic mass is 79.9. The normalized spacial score (nSPS) is 11.4. The van der Waals surface area contributed by atoms with E-state index in [1.807, 2.05) is 0 Å². The highest BCUT2D eigenvalue weighted by Gasteiger charge is 2.34. The Morgan fingerprint density at radius 3 is 2.40 bits per heavy atom. The second-order valence-corrected chi connectivity index (χ2v) is 5.18. The van der Waals surface area contributed by atoms with Gasteiger partial charge in [-0.05, 0) is 36.8 Å². The van der Waals surface area contributed by atoms with Crippen molar-refractivity contribution in [1.29, 1.82) is 0 Å². The number of rotatable bonds is 2. The molecule has 106 valence electrons. The van der Waals surface area contributed by atoms with Gasteiger partial charge in [-0.25, -0.2) is 0 Å². The SMILES string of the molecule is Cc1ccc(N)cc1Oc1ccc(Br)cc1C(F)(F)F. The maximum absolute atomic E-state index is 13.0. The Kier molecular flexibility index (Phi) is 3.94. The van der Waals surface area contributed by atoms with E-state index < -0.39 is 11.7 Å². The lowest BCUT2D eigenvalue weighted by Crippen LogP contribution is -2.07. The van der Waals surface area contributed by atoms with Crippen molar-refractivity contribution in [3.63, 3.8) is 0 Å². The van der Waals surface area contributed by atoms with Gasteiger partial charge in [0.2, 0.25) is 0 Å². The van der Waals surface area contributed by atoms with Crippen LogP contribution in [-0.4, -0.2) is 0 Å². The van der Waals surface area contributed by atoms with E-state index in [2.05, 4.69) is 15.9 Å². The summed E-state index contributed by atoms with van der Waals surface area (Å²) in [4.78, 5) is 0. The van der Waals surface area contributed by atoms with E-state index in [1.165, 1.54) is 18.2 Å². The molecule has 0 fully saturated rings. The van der Waals surface area contributed by atoms with Gasteiger partial charge in [0.1, 0.15) is 11.5 Å². The number of hydrogen-bond donors (Lipinski definition) is 1. The van der Waals surface area contributed by atoms with Crippen LogP contribution in [0, 0.1) is 6.92 Å². The van der Waals surface area contributed by atoms with Gasteiger partial charge >= 0.3 is 6.18 Å². The average molecular weight is 346 g/mol. The number of alkyl halides is 3. The number of hydrogen-bond acceptors (Lipinski definition) is 2. The molecule has 2 aromatic rings. The second kappa shape index (κ2) is 5.36. The van der Waals surface area contributed by atoms with Crippen LogP contribution in [0.4, 0.5) is 18.9 Å². The van der Waals surface area contributed by atoms with Gasteiger partial charge in [0, 0.05) is 16.2 Å². The molecule has 0 amide bonds. The standard InChI is InChI=1S/C14H11BrF3NO/c1-8-2-4-10(19)7-13(8)20-12-5-3-9(15)6-11(12)14(16,17)18/h2-7H,19H2,1H3. The molecular formula is C14H11BrF3NO. The van der Waals surface area contributed by atoms with E-state index in [0.29, 0.717) is 21.5 Å². The zero-order chi connectivity index (χ0) is 14.9. The molecule has 0 radical (unpaired) electrons. The molecule has 0 aliphatic heterocycles. The third kappa shape index (κ3) is 3.25. The predicted octanol–water partition coefficient (Wildman–Crippen LogP) is 5.15. The average Bonchev–Trinajstić information content (AvgIpc) is 2.34. The number of halogens is 4. The summed E-state index contributed by atoms with van der Waals surface area (Å²) >= 11 is 3.02. The van der Waals surface area contributed by atoms with Gasteiger partial charge in [0.15, 0.2) is 0 Å². The Balaban J connectivity index is 2.46. The number of benzene rings is 2. The molecule has 0 aliphatic rings. The van der Waals surface area contributed by atoms with E-state index in [9.17, 15) is 13.2 Å². The number of anilines is 1. The first kappa shape index (κ1) is 14.7. The van der Waals surface area contributed by atoms with Crippen molar-refractivity contribution in [3.8, 4) is 11.5 Å². The van der Waals surface area contributed by atoms with Gasteiger partial charge in [-0.1, -0.05) is 22.0 Å². The van der Waals surface area contributed by atoms with Crippen LogP contribution >= 0.6 is 15.9 Å². The summed E-state index contributed by atoms with van der Waals surface area (Å²) in [6.45, 7) is 1.74. The molecule has 2 aromatic carbocycles. The number of ether oxygens (including phenoxy) is 1. The smallest absolute Gasteiger partial charge is 0.420 e. The van der Waals surface area contributed by atoms with Crippen molar-refractivity contribution in [2.45, 2.75) is 13.1 Å². The molecule has 2 rings (SSSR count). The Hall–Kier alpha value is -1.69. The Morgan fingerprint density at radius 2 is 1.75 bits per heavy atom. The fourth-order valence-corrected chi connectivity index (χ4v) is 2.02. The van der Waals surface area contributed by atoms with Crippen molar-refractivity contribution in [3.05, 3.63) is 52.0 Å². The van der Waals surface area contributed by atoms with Crippen LogP contribution in [-0.2, 0) is 6.18 Å². The fourth-order valence-electron chi connectivity index (χ4n) is 1.66. The second-order valence-electron chi connectivity index (χ2n) is 4.27. The van der Waals surface area contributed by atoms with Gasteiger partial charge < -0.3 is 10.5 Å². The number of aryl methyl sites for hydroxylation is 1. The summed E-state index contributed by atoms with van der Waals surface area (Å²) < 4.78 is 44.7. The molecule has 0 bridgehead atoms. The van der Waals surface area contributed by atoms with E-state index in [0.717, 1.165) is 6.07 Å². The third-order valence-corrected chi connectivity index (χ3v) is 3.17. The minimum absolute atomic E-state index is 0.255. The van der Waals surface area contributed by atoms with Crippen molar-refractivity contribution < 1.29 is 17.9 Å². The Labute approximate surface area is 122 Å². The quantitative estimate of drug-likeness (QED) is 0.763. The van der Waals surface area contributed by atoms with Crippen molar-refractivity contribution in [1.82, 2.24) is 0 Å². The number of nitrogens with two attached hydrogens (primary N) is 1. The van der Waals surface area contributed by atoms with Crippen molar-refractivity contribution in [2.75, 3.05) is 5.73 Å². The van der Waals surface area contributed by atoms with Gasteiger partial charge in [-0.2, -0.15) is 13.2 Å². The minimum atomic E-state index is -4.49. The van der Waals surface area contributed by atoms with Crippen LogP contribution in [0.15, 0.2) is 40.9 Å². The van der Waals surface area contributed by atoms with Gasteiger partial charge in [-0.15, -0.1) is 0 Å². The number of nitrogen functional groups attached to an aromatic ring is 1. The summed E-state index contributed by atoms with van der Waals surface area (Å²) in [5.74, 6) is 0.0484. The van der Waals surface area contributed by atoms with Gasteiger partial charge in [-0.3, -0.25) is 0 Å². The van der Waals surface area contributed by atoms with Crippen LogP contribution in [0.1, 0.15) is 11.1 Å². The summed E-state index contributed by atoms with van der Waals surface area (Å²) in [6, 6.07) is 8.60. The summed E-state index contributed by atoms with van der Waals surface area (Å²) in [5, 5.41) is 0. The van der Waals surface area contributed by atoms with Gasteiger partial charge in [0.05, 0.1) is 5.56 Å². The van der Waals surface area contributed by atoms with E-state index in [4.69, 9.17) is 10.5 Å². The molecule has 20 heavy (non-hydrogen) atoms. The first-order valence-electron chi connectivity index (χ1n) is 5.68. The summed E-state index contributed by atoms with van der Waals surface area (Å²) in [6.07, 6.45) is -4.49. The predicted molar refractivity (Wildman–Crippen MR) is 74.8 cm³/mol. The largest absolute Gasteiger partial charge is 0.456 e. The maximum Gasteiger partial charge on any atom is 0.420 e. The molecule has 0 saturated heterocycles. The molecule has 0 aliphatic carbocycles. The van der Waals surface area contributed by atoms with Crippen LogP contribution in [0.25, 0.3) is 0 Å². The molecule has 2 N–H and O–H groups in total. The maximum atomic E-state index is 13.0. The Bertz CT molecular complexity index is 641. The Morgan fingerprint density at radius 1 is 1.05 bits per heavy atom. The van der Waals surface area contributed by atoms with Crippen molar-refractivity contribution >= 4 is 21.6 Å². The summed E-state index contributed by atoms with van der Waals surface area (Å²) in [5.41, 5.74) is 5.91. The van der Waals surface area contributed by atoms with Crippen LogP contribution in [0.3, 0.4) is 0 Å². The first-order chi connectivity index (χ1) is 9.27. The van der Waals surface area contributed by atoms with Crippen LogP contribution < -0.4 is 10.5 Å². The fraction of sp³-hybridized carbons (Fsp3) is 0.143. The molecule has 0 spiro atoms.